The van der Waals surface area contributed by atoms with E-state index in [1.807, 2.05) is 0 Å². The molecule has 0 atom stereocenters. The predicted octanol–water partition coefficient (Wildman–Crippen LogP) is -0.597. The largest absolute Gasteiger partial charge is 0.369 e. The van der Waals surface area contributed by atoms with Crippen molar-refractivity contribution in [2.45, 2.75) is 12.8 Å². The highest BCUT2D eigenvalue weighted by Gasteiger charge is 2.20. The molecule has 0 aromatic rings. The molecule has 58 valence electrons. The van der Waals surface area contributed by atoms with Crippen molar-refractivity contribution in [2.75, 3.05) is 13.1 Å². The second kappa shape index (κ2) is 3.53. The summed E-state index contributed by atoms with van der Waals surface area (Å²) in [4.78, 5) is 14.9. The number of hydrogen-bond acceptors (Lipinski definition) is 4. The third kappa shape index (κ3) is 2.80. The van der Waals surface area contributed by atoms with Crippen LogP contribution in [-0.2, 0) is 9.63 Å². The van der Waals surface area contributed by atoms with Gasteiger partial charge in [0.2, 0.25) is 0 Å². The van der Waals surface area contributed by atoms with Crippen LogP contribution in [0.4, 0.5) is 0 Å². The quantitative estimate of drug-likeness (QED) is 0.517. The van der Waals surface area contributed by atoms with Crippen molar-refractivity contribution < 1.29 is 9.63 Å². The topological polar surface area (TPSA) is 64.4 Å². The highest BCUT2D eigenvalue weighted by molar-refractivity contribution is 5.70. The zero-order valence-electron chi connectivity index (χ0n) is 5.80. The Balaban J connectivity index is 1.88. The lowest BCUT2D eigenvalue weighted by molar-refractivity contribution is -0.149. The first kappa shape index (κ1) is 7.50. The summed E-state index contributed by atoms with van der Waals surface area (Å²) < 4.78 is 0. The second-order valence-electron chi connectivity index (χ2n) is 2.47. The molecule has 1 saturated carbocycles. The average molecular weight is 144 g/mol. The summed E-state index contributed by atoms with van der Waals surface area (Å²) in [6, 6.07) is 0. The molecule has 0 saturated heterocycles. The monoisotopic (exact) mass is 144 g/mol. The maximum Gasteiger partial charge on any atom is 0.338 e. The van der Waals surface area contributed by atoms with Crippen molar-refractivity contribution in [3.05, 3.63) is 0 Å². The molecule has 0 radical (unpaired) electrons. The minimum absolute atomic E-state index is 0.0579. The zero-order valence-corrected chi connectivity index (χ0v) is 5.80. The molecular weight excluding hydrogens is 132 g/mol. The summed E-state index contributed by atoms with van der Waals surface area (Å²) >= 11 is 0. The fourth-order valence-electron chi connectivity index (χ4n) is 0.604. The van der Waals surface area contributed by atoms with Crippen molar-refractivity contribution in [3.8, 4) is 0 Å². The van der Waals surface area contributed by atoms with E-state index in [2.05, 4.69) is 10.3 Å². The maximum atomic E-state index is 10.4. The van der Waals surface area contributed by atoms with E-state index in [0.717, 1.165) is 6.54 Å². The summed E-state index contributed by atoms with van der Waals surface area (Å²) in [7, 11) is 0. The highest BCUT2D eigenvalue weighted by atomic mass is 16.7. The third-order valence-corrected chi connectivity index (χ3v) is 1.42. The number of nitrogens with one attached hydrogen (secondary N) is 1. The van der Waals surface area contributed by atoms with Gasteiger partial charge in [-0.3, -0.25) is 0 Å². The molecule has 1 fully saturated rings. The lowest BCUT2D eigenvalue weighted by Crippen LogP contribution is -2.26. The summed E-state index contributed by atoms with van der Waals surface area (Å²) in [5, 5.41) is 0. The Morgan fingerprint density at radius 2 is 2.40 bits per heavy atom. The Kier molecular flexibility index (Phi) is 2.65. The van der Waals surface area contributed by atoms with Gasteiger partial charge < -0.3 is 10.6 Å². The van der Waals surface area contributed by atoms with Gasteiger partial charge >= 0.3 is 5.97 Å². The van der Waals surface area contributed by atoms with Gasteiger partial charge in [0.05, 0.1) is 6.54 Å². The number of nitrogens with two attached hydrogens (primary N) is 1. The second-order valence-corrected chi connectivity index (χ2v) is 2.47. The van der Waals surface area contributed by atoms with Crippen molar-refractivity contribution in [1.82, 2.24) is 5.48 Å². The van der Waals surface area contributed by atoms with Crippen LogP contribution in [0.25, 0.3) is 0 Å². The maximum absolute atomic E-state index is 10.4. The standard InChI is InChI=1S/C6H12N2O2/c7-3-6(9)10-8-4-5-1-2-5/h5,8H,1-4,7H2. The molecular formula is C6H12N2O2. The minimum Gasteiger partial charge on any atom is -0.369 e. The summed E-state index contributed by atoms with van der Waals surface area (Å²) in [5.41, 5.74) is 7.56. The van der Waals surface area contributed by atoms with E-state index in [1.165, 1.54) is 12.8 Å². The van der Waals surface area contributed by atoms with Crippen LogP contribution in [0.5, 0.6) is 0 Å². The SMILES string of the molecule is NCC(=O)ONCC1CC1. The van der Waals surface area contributed by atoms with Crippen LogP contribution in [0.15, 0.2) is 0 Å². The predicted molar refractivity (Wildman–Crippen MR) is 35.9 cm³/mol. The number of hydroxylamine groups is 1. The Bertz CT molecular complexity index is 123. The van der Waals surface area contributed by atoms with E-state index in [0.29, 0.717) is 5.92 Å². The summed E-state index contributed by atoms with van der Waals surface area (Å²) in [6.07, 6.45) is 2.49. The van der Waals surface area contributed by atoms with Crippen LogP contribution in [-0.4, -0.2) is 19.1 Å². The highest BCUT2D eigenvalue weighted by Crippen LogP contribution is 2.27. The van der Waals surface area contributed by atoms with Gasteiger partial charge in [0, 0.05) is 6.54 Å². The Hall–Kier alpha value is -0.610. The van der Waals surface area contributed by atoms with E-state index in [4.69, 9.17) is 5.73 Å². The Labute approximate surface area is 59.7 Å². The van der Waals surface area contributed by atoms with E-state index in [1.54, 1.807) is 0 Å². The van der Waals surface area contributed by atoms with E-state index >= 15 is 0 Å². The average Bonchev–Trinajstić information content (AvgIpc) is 2.71. The van der Waals surface area contributed by atoms with Gasteiger partial charge in [-0.25, -0.2) is 4.79 Å². The van der Waals surface area contributed by atoms with Gasteiger partial charge in [0.15, 0.2) is 0 Å². The van der Waals surface area contributed by atoms with Crippen LogP contribution >= 0.6 is 0 Å². The number of carbonyl (C=O) groups is 1. The third-order valence-electron chi connectivity index (χ3n) is 1.42. The molecule has 1 aliphatic rings. The molecule has 0 aromatic carbocycles. The first-order valence-electron chi connectivity index (χ1n) is 3.45. The lowest BCUT2D eigenvalue weighted by atomic mass is 10.4. The smallest absolute Gasteiger partial charge is 0.338 e. The van der Waals surface area contributed by atoms with Crippen LogP contribution in [0.3, 0.4) is 0 Å². The fraction of sp³-hybridized carbons (Fsp3) is 0.833. The van der Waals surface area contributed by atoms with Gasteiger partial charge in [-0.15, -0.1) is 0 Å². The number of rotatable bonds is 4. The Morgan fingerprint density at radius 1 is 1.70 bits per heavy atom. The van der Waals surface area contributed by atoms with Crippen molar-refractivity contribution in [3.63, 3.8) is 0 Å². The molecule has 0 amide bonds. The van der Waals surface area contributed by atoms with Crippen LogP contribution in [0.2, 0.25) is 0 Å². The number of hydrogen-bond donors (Lipinski definition) is 2. The van der Waals surface area contributed by atoms with Crippen molar-refractivity contribution in [2.24, 2.45) is 11.7 Å². The first-order chi connectivity index (χ1) is 4.83. The number of carbonyl (C=O) groups excluding carboxylic acids is 1. The molecule has 4 heteroatoms. The van der Waals surface area contributed by atoms with Crippen LogP contribution < -0.4 is 11.2 Å². The van der Waals surface area contributed by atoms with E-state index < -0.39 is 5.97 Å². The lowest BCUT2D eigenvalue weighted by Gasteiger charge is -2.01. The van der Waals surface area contributed by atoms with E-state index in [9.17, 15) is 4.79 Å². The molecule has 3 N–H and O–H groups in total. The minimum atomic E-state index is -0.402. The molecule has 0 aliphatic heterocycles. The summed E-state index contributed by atoms with van der Waals surface area (Å²) in [5.74, 6) is 0.311. The molecule has 1 aliphatic carbocycles. The summed E-state index contributed by atoms with van der Waals surface area (Å²) in [6.45, 7) is 0.712. The van der Waals surface area contributed by atoms with Gasteiger partial charge in [-0.2, -0.15) is 5.48 Å². The van der Waals surface area contributed by atoms with Crippen molar-refractivity contribution in [1.29, 1.82) is 0 Å². The van der Waals surface area contributed by atoms with E-state index in [-0.39, 0.29) is 6.54 Å². The molecule has 0 spiro atoms. The molecule has 0 aromatic heterocycles. The van der Waals surface area contributed by atoms with Gasteiger partial charge in [-0.05, 0) is 18.8 Å². The molecule has 10 heavy (non-hydrogen) atoms. The molecule has 0 bridgehead atoms. The van der Waals surface area contributed by atoms with Crippen LogP contribution in [0.1, 0.15) is 12.8 Å². The molecule has 0 unspecified atom stereocenters. The molecule has 1 rings (SSSR count). The van der Waals surface area contributed by atoms with Gasteiger partial charge in [0.25, 0.3) is 0 Å². The van der Waals surface area contributed by atoms with Crippen LogP contribution in [0, 0.1) is 5.92 Å². The zero-order chi connectivity index (χ0) is 7.40. The molecule has 4 nitrogen and oxygen atoms in total. The fourth-order valence-corrected chi connectivity index (χ4v) is 0.604. The van der Waals surface area contributed by atoms with Crippen molar-refractivity contribution >= 4 is 5.97 Å². The van der Waals surface area contributed by atoms with Gasteiger partial charge in [0.1, 0.15) is 0 Å². The normalized spacial score (nSPS) is 16.9. The Morgan fingerprint density at radius 3 is 2.90 bits per heavy atom. The van der Waals surface area contributed by atoms with Gasteiger partial charge in [-0.1, -0.05) is 0 Å². The molecule has 0 heterocycles. The first-order valence-corrected chi connectivity index (χ1v) is 3.45.